The number of carbonyl (C=O) groups excluding carboxylic acids is 1. The number of hydrogen-bond acceptors (Lipinski definition) is 7. The summed E-state index contributed by atoms with van der Waals surface area (Å²) in [5.74, 6) is 0.422. The van der Waals surface area contributed by atoms with E-state index >= 15 is 0 Å². The van der Waals surface area contributed by atoms with Crippen LogP contribution in [0.1, 0.15) is 5.56 Å². The van der Waals surface area contributed by atoms with Gasteiger partial charge in [0.25, 0.3) is 5.91 Å². The normalized spacial score (nSPS) is 13.7. The lowest BCUT2D eigenvalue weighted by Crippen LogP contribution is -2.16. The number of hydrogen-bond donors (Lipinski definition) is 3. The van der Waals surface area contributed by atoms with E-state index in [0.29, 0.717) is 17.9 Å². The molecule has 7 nitrogen and oxygen atoms in total. The fourth-order valence-electron chi connectivity index (χ4n) is 2.38. The number of aromatic nitrogens is 1. The van der Waals surface area contributed by atoms with E-state index in [0.717, 1.165) is 18.0 Å². The summed E-state index contributed by atoms with van der Waals surface area (Å²) in [4.78, 5) is 17.6. The van der Waals surface area contributed by atoms with Crippen molar-refractivity contribution in [3.05, 3.63) is 41.7 Å². The van der Waals surface area contributed by atoms with Gasteiger partial charge in [-0.15, -0.1) is 0 Å². The summed E-state index contributed by atoms with van der Waals surface area (Å²) in [5, 5.41) is 13.3. The molecule has 1 saturated heterocycles. The third kappa shape index (κ3) is 3.87. The van der Waals surface area contributed by atoms with Gasteiger partial charge in [0, 0.05) is 20.6 Å². The Balaban J connectivity index is 1.73. The van der Waals surface area contributed by atoms with Gasteiger partial charge >= 0.3 is 0 Å². The summed E-state index contributed by atoms with van der Waals surface area (Å²) >= 11 is 0.956. The van der Waals surface area contributed by atoms with E-state index in [2.05, 4.69) is 15.0 Å². The molecule has 3 N–H and O–H groups in total. The molecule has 0 spiro atoms. The van der Waals surface area contributed by atoms with Gasteiger partial charge in [-0.2, -0.15) is 0 Å². The number of benzene rings is 1. The standard InChI is InChI=1S/C16H18FN5O2S/c1-21(2)14-5-3-4-13(19-14)18-8-10-6-11(17)16(12(23)7-10)22-9-15(24)20-25-22/h3-7,23H,8-9H2,1-2H3,(H,18,19)(H,20,24). The zero-order valence-corrected chi connectivity index (χ0v) is 14.6. The number of rotatable bonds is 5. The highest BCUT2D eigenvalue weighted by molar-refractivity contribution is 7.99. The Hall–Kier alpha value is -2.68. The van der Waals surface area contributed by atoms with Crippen LogP contribution in [0.2, 0.25) is 0 Å². The number of pyridine rings is 1. The number of halogens is 1. The van der Waals surface area contributed by atoms with Gasteiger partial charge < -0.3 is 15.3 Å². The summed E-state index contributed by atoms with van der Waals surface area (Å²) in [6.45, 7) is 0.299. The minimum Gasteiger partial charge on any atom is -0.506 e. The second kappa shape index (κ2) is 7.06. The summed E-state index contributed by atoms with van der Waals surface area (Å²) in [7, 11) is 3.79. The molecule has 25 heavy (non-hydrogen) atoms. The highest BCUT2D eigenvalue weighted by Gasteiger charge is 2.26. The molecule has 0 bridgehead atoms. The van der Waals surface area contributed by atoms with Gasteiger partial charge in [0.15, 0.2) is 5.82 Å². The molecule has 2 aromatic rings. The first-order chi connectivity index (χ1) is 11.9. The van der Waals surface area contributed by atoms with Crippen LogP contribution in [-0.2, 0) is 11.3 Å². The predicted molar refractivity (Wildman–Crippen MR) is 97.0 cm³/mol. The first kappa shape index (κ1) is 17.2. The number of anilines is 3. The van der Waals surface area contributed by atoms with Gasteiger partial charge in [0.05, 0.1) is 12.1 Å². The molecule has 1 aromatic carbocycles. The predicted octanol–water partition coefficient (Wildman–Crippen LogP) is 2.10. The van der Waals surface area contributed by atoms with Crippen molar-refractivity contribution in [2.45, 2.75) is 6.54 Å². The molecule has 3 rings (SSSR count). The third-order valence-corrected chi connectivity index (χ3v) is 4.43. The molecule has 1 aliphatic heterocycles. The zero-order chi connectivity index (χ0) is 18.0. The Bertz CT molecular complexity index is 779. The van der Waals surface area contributed by atoms with Gasteiger partial charge in [-0.1, -0.05) is 6.07 Å². The Kier molecular flexibility index (Phi) is 4.84. The first-order valence-corrected chi connectivity index (χ1v) is 8.34. The second-order valence-corrected chi connectivity index (χ2v) is 6.55. The van der Waals surface area contributed by atoms with Crippen LogP contribution in [0.25, 0.3) is 0 Å². The molecule has 1 fully saturated rings. The van der Waals surface area contributed by atoms with Crippen molar-refractivity contribution in [2.24, 2.45) is 0 Å². The minimum atomic E-state index is -0.587. The largest absolute Gasteiger partial charge is 0.506 e. The Labute approximate surface area is 149 Å². The van der Waals surface area contributed by atoms with E-state index in [4.69, 9.17) is 0 Å². The first-order valence-electron chi connectivity index (χ1n) is 7.57. The number of amides is 1. The molecule has 132 valence electrons. The molecule has 9 heteroatoms. The van der Waals surface area contributed by atoms with Crippen molar-refractivity contribution in [2.75, 3.05) is 35.2 Å². The average Bonchev–Trinajstić information content (AvgIpc) is 2.98. The van der Waals surface area contributed by atoms with Crippen molar-refractivity contribution in [1.82, 2.24) is 9.71 Å². The van der Waals surface area contributed by atoms with Crippen molar-refractivity contribution in [1.29, 1.82) is 0 Å². The molecular formula is C16H18FN5O2S. The lowest BCUT2D eigenvalue weighted by atomic mass is 10.1. The summed E-state index contributed by atoms with van der Waals surface area (Å²) in [6, 6.07) is 8.39. The number of nitrogens with one attached hydrogen (secondary N) is 2. The zero-order valence-electron chi connectivity index (χ0n) is 13.8. The van der Waals surface area contributed by atoms with E-state index in [1.165, 1.54) is 16.4 Å². The number of phenolic OH excluding ortho intramolecular Hbond substituents is 1. The van der Waals surface area contributed by atoms with Crippen LogP contribution >= 0.6 is 12.1 Å². The van der Waals surface area contributed by atoms with E-state index < -0.39 is 5.82 Å². The van der Waals surface area contributed by atoms with Gasteiger partial charge in [-0.25, -0.2) is 9.37 Å². The van der Waals surface area contributed by atoms with Gasteiger partial charge in [0.1, 0.15) is 29.6 Å². The minimum absolute atomic E-state index is 0.000157. The monoisotopic (exact) mass is 363 g/mol. The summed E-state index contributed by atoms with van der Waals surface area (Å²) in [6.07, 6.45) is 0. The molecule has 2 heterocycles. The summed E-state index contributed by atoms with van der Waals surface area (Å²) < 4.78 is 18.3. The molecule has 0 radical (unpaired) electrons. The number of phenols is 1. The fourth-order valence-corrected chi connectivity index (χ4v) is 3.11. The number of aromatic hydroxyl groups is 1. The molecule has 0 aliphatic carbocycles. The van der Waals surface area contributed by atoms with Gasteiger partial charge in [-0.3, -0.25) is 13.8 Å². The Morgan fingerprint density at radius 1 is 1.44 bits per heavy atom. The lowest BCUT2D eigenvalue weighted by molar-refractivity contribution is -0.117. The number of nitrogens with zero attached hydrogens (tertiary/aromatic N) is 3. The molecule has 0 atom stereocenters. The Morgan fingerprint density at radius 2 is 2.24 bits per heavy atom. The van der Waals surface area contributed by atoms with E-state index in [-0.39, 0.29) is 23.9 Å². The maximum absolute atomic E-state index is 14.4. The number of carbonyl (C=O) groups is 1. The molecule has 1 amide bonds. The highest BCUT2D eigenvalue weighted by atomic mass is 32.2. The fraction of sp³-hybridized carbons (Fsp3) is 0.250. The quantitative estimate of drug-likeness (QED) is 0.702. The molecule has 1 aromatic heterocycles. The molecule has 1 aliphatic rings. The van der Waals surface area contributed by atoms with Crippen molar-refractivity contribution >= 4 is 35.4 Å². The van der Waals surface area contributed by atoms with Crippen LogP contribution in [-0.4, -0.2) is 36.6 Å². The smallest absolute Gasteiger partial charge is 0.251 e. The highest BCUT2D eigenvalue weighted by Crippen LogP contribution is 2.36. The van der Waals surface area contributed by atoms with Crippen molar-refractivity contribution < 1.29 is 14.3 Å². The Morgan fingerprint density at radius 3 is 2.88 bits per heavy atom. The SMILES string of the molecule is CN(C)c1cccc(NCc2cc(O)c(N3CC(=O)NS3)c(F)c2)n1. The van der Waals surface area contributed by atoms with Crippen molar-refractivity contribution in [3.63, 3.8) is 0 Å². The van der Waals surface area contributed by atoms with E-state index in [9.17, 15) is 14.3 Å². The average molecular weight is 363 g/mol. The second-order valence-electron chi connectivity index (χ2n) is 5.73. The van der Waals surface area contributed by atoms with Crippen LogP contribution in [0, 0.1) is 5.82 Å². The van der Waals surface area contributed by atoms with Crippen LogP contribution < -0.4 is 19.2 Å². The van der Waals surface area contributed by atoms with Crippen LogP contribution in [0.4, 0.5) is 21.7 Å². The molecule has 0 saturated carbocycles. The lowest BCUT2D eigenvalue weighted by Gasteiger charge is -2.17. The summed E-state index contributed by atoms with van der Waals surface area (Å²) in [5.41, 5.74) is 0.569. The van der Waals surface area contributed by atoms with Gasteiger partial charge in [-0.05, 0) is 29.8 Å². The topological polar surface area (TPSA) is 80.7 Å². The maximum Gasteiger partial charge on any atom is 0.251 e. The van der Waals surface area contributed by atoms with E-state index in [1.54, 1.807) is 0 Å². The molecular weight excluding hydrogens is 345 g/mol. The maximum atomic E-state index is 14.4. The van der Waals surface area contributed by atoms with Crippen molar-refractivity contribution in [3.8, 4) is 5.75 Å². The molecule has 0 unspecified atom stereocenters. The van der Waals surface area contributed by atoms with Crippen LogP contribution in [0.15, 0.2) is 30.3 Å². The van der Waals surface area contributed by atoms with E-state index in [1.807, 2.05) is 37.2 Å². The van der Waals surface area contributed by atoms with Gasteiger partial charge in [0.2, 0.25) is 0 Å². The van der Waals surface area contributed by atoms with Crippen LogP contribution in [0.5, 0.6) is 5.75 Å². The van der Waals surface area contributed by atoms with Crippen LogP contribution in [0.3, 0.4) is 0 Å². The third-order valence-electron chi connectivity index (χ3n) is 3.58.